The van der Waals surface area contributed by atoms with Crippen molar-refractivity contribution in [2.45, 2.75) is 70.8 Å². The Morgan fingerprint density at radius 1 is 1.00 bits per heavy atom. The molecular weight excluding hydrogens is 481 g/mol. The van der Waals surface area contributed by atoms with E-state index in [1.165, 1.54) is 12.1 Å². The normalized spacial score (nSPS) is 15.2. The second-order valence-corrected chi connectivity index (χ2v) is 9.16. The van der Waals surface area contributed by atoms with Crippen LogP contribution in [-0.2, 0) is 25.5 Å². The number of halogens is 1. The van der Waals surface area contributed by atoms with Crippen LogP contribution in [0.4, 0.5) is 4.39 Å². The number of nitrogens with one attached hydrogen (secondary N) is 1. The van der Waals surface area contributed by atoms with Crippen LogP contribution in [0.5, 0.6) is 11.5 Å². The molecule has 3 rings (SSSR count). The van der Waals surface area contributed by atoms with Gasteiger partial charge in [-0.3, -0.25) is 0 Å². The number of aliphatic hydroxyl groups is 1. The third kappa shape index (κ3) is 7.42. The number of benzene rings is 2. The molecule has 0 bridgehead atoms. The lowest BCUT2D eigenvalue weighted by atomic mass is 10.1. The van der Waals surface area contributed by atoms with Crippen molar-refractivity contribution in [1.29, 1.82) is 0 Å². The summed E-state index contributed by atoms with van der Waals surface area (Å²) in [6.07, 6.45) is 2.62. The topological polar surface area (TPSA) is 103 Å². The van der Waals surface area contributed by atoms with Gasteiger partial charge in [0.15, 0.2) is 11.5 Å². The number of carbonyl (C=O) groups is 2. The summed E-state index contributed by atoms with van der Waals surface area (Å²) >= 11 is 0. The fourth-order valence-corrected chi connectivity index (χ4v) is 3.80. The molecule has 8 nitrogen and oxygen atoms in total. The zero-order chi connectivity index (χ0) is 26.8. The summed E-state index contributed by atoms with van der Waals surface area (Å²) in [5, 5.41) is 13.6. The summed E-state index contributed by atoms with van der Waals surface area (Å²) in [5.41, 5.74) is 1.35. The van der Waals surface area contributed by atoms with Gasteiger partial charge in [0.2, 0.25) is 0 Å². The first-order valence-corrected chi connectivity index (χ1v) is 12.8. The number of unbranched alkanes of at least 4 members (excludes halogenated alkanes) is 2. The van der Waals surface area contributed by atoms with Crippen molar-refractivity contribution in [3.63, 3.8) is 0 Å². The quantitative estimate of drug-likeness (QED) is 0.218. The van der Waals surface area contributed by atoms with E-state index in [9.17, 15) is 19.1 Å². The van der Waals surface area contributed by atoms with Gasteiger partial charge in [0.25, 0.3) is 0 Å². The molecule has 0 spiro atoms. The predicted molar refractivity (Wildman–Crippen MR) is 135 cm³/mol. The molecule has 2 atom stereocenters. The first-order valence-electron chi connectivity index (χ1n) is 12.8. The third-order valence-electron chi connectivity index (χ3n) is 5.95. The van der Waals surface area contributed by atoms with Gasteiger partial charge >= 0.3 is 17.7 Å². The number of ether oxygens (including phenoxy) is 4. The van der Waals surface area contributed by atoms with Crippen molar-refractivity contribution in [3.8, 4) is 11.5 Å². The van der Waals surface area contributed by atoms with Gasteiger partial charge in [-0.1, -0.05) is 44.9 Å². The van der Waals surface area contributed by atoms with E-state index >= 15 is 0 Å². The number of fused-ring (bicyclic) bond motifs is 1. The number of hydrogen-bond donors (Lipinski definition) is 2. The Morgan fingerprint density at radius 2 is 1.65 bits per heavy atom. The summed E-state index contributed by atoms with van der Waals surface area (Å²) in [6.45, 7) is 6.38. The molecule has 2 N–H and O–H groups in total. The van der Waals surface area contributed by atoms with Crippen LogP contribution in [0.15, 0.2) is 42.5 Å². The van der Waals surface area contributed by atoms with Crippen LogP contribution in [-0.4, -0.2) is 48.6 Å². The maximum atomic E-state index is 13.4. The Hall–Kier alpha value is -3.17. The number of aliphatic hydroxyl groups excluding tert-OH is 1. The summed E-state index contributed by atoms with van der Waals surface area (Å²) in [6, 6.07) is 11.0. The van der Waals surface area contributed by atoms with Gasteiger partial charge in [0.05, 0.1) is 19.3 Å². The Balaban J connectivity index is 1.65. The molecule has 202 valence electrons. The van der Waals surface area contributed by atoms with Gasteiger partial charge in [-0.25, -0.2) is 14.0 Å². The SMILES string of the molecule is CCCCOC(=O)C1(C(=O)OCCCC)Oc2ccc(CC(C)NCC(O)c3cccc(F)c3)cc2O1. The van der Waals surface area contributed by atoms with Gasteiger partial charge in [0.1, 0.15) is 5.82 Å². The van der Waals surface area contributed by atoms with E-state index in [0.717, 1.165) is 18.4 Å². The van der Waals surface area contributed by atoms with Gasteiger partial charge in [-0.15, -0.1) is 0 Å². The molecule has 9 heteroatoms. The maximum Gasteiger partial charge on any atom is 0.453 e. The first kappa shape index (κ1) is 28.4. The predicted octanol–water partition coefficient (Wildman–Crippen LogP) is 4.23. The van der Waals surface area contributed by atoms with Crippen molar-refractivity contribution in [2.75, 3.05) is 19.8 Å². The van der Waals surface area contributed by atoms with Crippen molar-refractivity contribution >= 4 is 11.9 Å². The Labute approximate surface area is 217 Å². The highest BCUT2D eigenvalue weighted by atomic mass is 19.1. The Bertz CT molecular complexity index is 1040. The number of rotatable bonds is 14. The zero-order valence-electron chi connectivity index (χ0n) is 21.6. The molecule has 0 saturated carbocycles. The highest BCUT2D eigenvalue weighted by Crippen LogP contribution is 2.41. The summed E-state index contributed by atoms with van der Waals surface area (Å²) in [4.78, 5) is 25.8. The molecule has 0 saturated heterocycles. The molecule has 1 heterocycles. The molecule has 0 fully saturated rings. The smallest absolute Gasteiger partial charge is 0.453 e. The minimum absolute atomic E-state index is 0.0497. The van der Waals surface area contributed by atoms with E-state index < -0.39 is 29.6 Å². The van der Waals surface area contributed by atoms with Crippen LogP contribution >= 0.6 is 0 Å². The minimum atomic E-state index is -2.33. The summed E-state index contributed by atoms with van der Waals surface area (Å²) < 4.78 is 35.5. The molecule has 0 aliphatic carbocycles. The van der Waals surface area contributed by atoms with E-state index in [1.807, 2.05) is 26.8 Å². The van der Waals surface area contributed by atoms with Crippen LogP contribution < -0.4 is 14.8 Å². The largest absolute Gasteiger partial charge is 0.459 e. The van der Waals surface area contributed by atoms with E-state index in [2.05, 4.69) is 5.32 Å². The lowest BCUT2D eigenvalue weighted by Gasteiger charge is -2.23. The summed E-state index contributed by atoms with van der Waals surface area (Å²) in [7, 11) is 0. The Kier molecular flexibility index (Phi) is 10.3. The van der Waals surface area contributed by atoms with Crippen molar-refractivity contribution in [1.82, 2.24) is 5.32 Å². The van der Waals surface area contributed by atoms with Gasteiger partial charge in [-0.2, -0.15) is 0 Å². The zero-order valence-corrected chi connectivity index (χ0v) is 21.6. The van der Waals surface area contributed by atoms with Crippen LogP contribution in [0.2, 0.25) is 0 Å². The van der Waals surface area contributed by atoms with Crippen molar-refractivity contribution < 1.29 is 38.0 Å². The second-order valence-electron chi connectivity index (χ2n) is 9.16. The van der Waals surface area contributed by atoms with Gasteiger partial charge in [-0.05, 0) is 61.6 Å². The molecule has 0 amide bonds. The fraction of sp³-hybridized carbons (Fsp3) is 0.500. The molecule has 0 radical (unpaired) electrons. The van der Waals surface area contributed by atoms with Crippen LogP contribution in [0.25, 0.3) is 0 Å². The van der Waals surface area contributed by atoms with E-state index in [1.54, 1.807) is 24.3 Å². The van der Waals surface area contributed by atoms with Gasteiger partial charge < -0.3 is 29.4 Å². The lowest BCUT2D eigenvalue weighted by Crippen LogP contribution is -2.56. The van der Waals surface area contributed by atoms with Crippen LogP contribution in [0, 0.1) is 5.82 Å². The van der Waals surface area contributed by atoms with Crippen molar-refractivity contribution in [3.05, 3.63) is 59.4 Å². The third-order valence-corrected chi connectivity index (χ3v) is 5.95. The molecule has 2 aromatic carbocycles. The number of hydrogen-bond acceptors (Lipinski definition) is 8. The average Bonchev–Trinajstić information content (AvgIpc) is 3.28. The second kappa shape index (κ2) is 13.4. The molecule has 1 aliphatic rings. The molecule has 2 aromatic rings. The fourth-order valence-electron chi connectivity index (χ4n) is 3.80. The standard InChI is InChI=1S/C28H36FNO7/c1-4-6-13-34-26(32)28(27(33)35-14-7-5-2)36-24-12-11-20(16-25(24)37-28)15-19(3)30-18-23(31)21-9-8-10-22(29)17-21/h8-12,16-17,19,23,30-31H,4-7,13-15,18H2,1-3H3. The van der Waals surface area contributed by atoms with Crippen LogP contribution in [0.3, 0.4) is 0 Å². The maximum absolute atomic E-state index is 13.4. The highest BCUT2D eigenvalue weighted by Gasteiger charge is 2.59. The molecule has 0 aromatic heterocycles. The number of esters is 2. The first-order chi connectivity index (χ1) is 17.8. The van der Waals surface area contributed by atoms with E-state index in [4.69, 9.17) is 18.9 Å². The molecule has 2 unspecified atom stereocenters. The minimum Gasteiger partial charge on any atom is -0.459 e. The average molecular weight is 518 g/mol. The van der Waals surface area contributed by atoms with E-state index in [0.29, 0.717) is 24.8 Å². The number of carbonyl (C=O) groups excluding carboxylic acids is 2. The van der Waals surface area contributed by atoms with Crippen molar-refractivity contribution in [2.24, 2.45) is 0 Å². The van der Waals surface area contributed by atoms with E-state index in [-0.39, 0.29) is 37.3 Å². The lowest BCUT2D eigenvalue weighted by molar-refractivity contribution is -0.202. The molecule has 1 aliphatic heterocycles. The Morgan fingerprint density at radius 3 is 2.27 bits per heavy atom. The highest BCUT2D eigenvalue weighted by molar-refractivity contribution is 6.03. The monoisotopic (exact) mass is 517 g/mol. The molecular formula is C28H36FNO7. The van der Waals surface area contributed by atoms with Crippen LogP contribution in [0.1, 0.15) is 63.7 Å². The molecule has 37 heavy (non-hydrogen) atoms. The summed E-state index contributed by atoms with van der Waals surface area (Å²) in [5.74, 6) is -4.13. The van der Waals surface area contributed by atoms with Gasteiger partial charge in [0, 0.05) is 12.6 Å².